The Morgan fingerprint density at radius 2 is 2.00 bits per heavy atom. The van der Waals surface area contributed by atoms with Crippen LogP contribution in [-0.2, 0) is 14.3 Å². The number of epoxide rings is 1. The molecule has 3 heteroatoms. The van der Waals surface area contributed by atoms with E-state index in [0.29, 0.717) is 5.92 Å². The summed E-state index contributed by atoms with van der Waals surface area (Å²) < 4.78 is 5.81. The van der Waals surface area contributed by atoms with Crippen LogP contribution in [-0.4, -0.2) is 23.8 Å². The molecule has 2 bridgehead atoms. The van der Waals surface area contributed by atoms with Crippen LogP contribution in [0.4, 0.5) is 0 Å². The smallest absolute Gasteiger partial charge is 0.168 e. The van der Waals surface area contributed by atoms with Crippen molar-refractivity contribution in [1.82, 2.24) is 0 Å². The lowest BCUT2D eigenvalue weighted by Crippen LogP contribution is -2.47. The third kappa shape index (κ3) is 2.82. The SMILES string of the molecule is CC1=CCC[C@@]2(C)O[C@@H]2C(=O)[C@@H]2CC[C@@H](C)[C@](C)(CC1)[C@H]2C=O. The summed E-state index contributed by atoms with van der Waals surface area (Å²) in [5.41, 5.74) is 1.01. The highest BCUT2D eigenvalue weighted by Gasteiger charge is 2.60. The van der Waals surface area contributed by atoms with E-state index in [2.05, 4.69) is 26.8 Å². The summed E-state index contributed by atoms with van der Waals surface area (Å²) in [5, 5.41) is 0. The molecule has 1 saturated carbocycles. The first-order valence-electron chi connectivity index (χ1n) is 9.14. The summed E-state index contributed by atoms with van der Waals surface area (Å²) in [6.45, 7) is 8.71. The molecule has 0 unspecified atom stereocenters. The maximum atomic E-state index is 13.0. The molecule has 2 fully saturated rings. The Bertz CT molecular complexity index is 537. The third-order valence-corrected chi connectivity index (χ3v) is 7.08. The van der Waals surface area contributed by atoms with E-state index in [1.54, 1.807) is 0 Å². The zero-order valence-electron chi connectivity index (χ0n) is 14.9. The highest BCUT2D eigenvalue weighted by Crippen LogP contribution is 2.53. The normalized spacial score (nSPS) is 47.7. The molecule has 23 heavy (non-hydrogen) atoms. The number of Topliss-reactive ketones (excluding diaryl/α,β-unsaturated/α-hetero) is 1. The van der Waals surface area contributed by atoms with E-state index in [1.165, 1.54) is 5.57 Å². The fourth-order valence-corrected chi connectivity index (χ4v) is 4.86. The minimum absolute atomic E-state index is 0.0834. The largest absolute Gasteiger partial charge is 0.358 e. The Labute approximate surface area is 139 Å². The summed E-state index contributed by atoms with van der Waals surface area (Å²) in [4.78, 5) is 25.0. The lowest BCUT2D eigenvalue weighted by molar-refractivity contribution is -0.138. The standard InChI is InChI=1S/C20H30O3/c1-13-6-5-10-20(4)18(23-20)17(22)15-8-7-14(2)19(3,11-9-13)16(15)12-21/h6,12,14-16,18H,5,7-11H2,1-4H3/t14-,15-,16+,18-,19+,20-/m1/s1. The van der Waals surface area contributed by atoms with E-state index in [9.17, 15) is 9.59 Å². The van der Waals surface area contributed by atoms with Crippen LogP contribution in [0, 0.1) is 23.2 Å². The van der Waals surface area contributed by atoms with Gasteiger partial charge in [-0.2, -0.15) is 0 Å². The molecule has 1 aliphatic heterocycles. The molecule has 0 N–H and O–H groups in total. The third-order valence-electron chi connectivity index (χ3n) is 7.08. The summed E-state index contributed by atoms with van der Waals surface area (Å²) in [5.74, 6) is 0.344. The highest BCUT2D eigenvalue weighted by molar-refractivity contribution is 5.91. The second kappa shape index (κ2) is 5.84. The van der Waals surface area contributed by atoms with E-state index in [-0.39, 0.29) is 34.7 Å². The first-order chi connectivity index (χ1) is 10.8. The average Bonchev–Trinajstić information content (AvgIpc) is 3.18. The van der Waals surface area contributed by atoms with Crippen molar-refractivity contribution >= 4 is 12.1 Å². The van der Waals surface area contributed by atoms with E-state index >= 15 is 0 Å². The van der Waals surface area contributed by atoms with E-state index < -0.39 is 0 Å². The Morgan fingerprint density at radius 3 is 2.70 bits per heavy atom. The van der Waals surface area contributed by atoms with Gasteiger partial charge in [0.15, 0.2) is 5.78 Å². The van der Waals surface area contributed by atoms with Gasteiger partial charge in [0, 0.05) is 11.8 Å². The topological polar surface area (TPSA) is 46.7 Å². The van der Waals surface area contributed by atoms with Gasteiger partial charge < -0.3 is 9.53 Å². The summed E-state index contributed by atoms with van der Waals surface area (Å²) in [6.07, 6.45) is 8.82. The first kappa shape index (κ1) is 16.9. The molecule has 3 rings (SSSR count). The van der Waals surface area contributed by atoms with Gasteiger partial charge in [0.1, 0.15) is 18.0 Å². The van der Waals surface area contributed by atoms with E-state index in [1.807, 2.05) is 6.92 Å². The Kier molecular flexibility index (Phi) is 4.29. The molecule has 0 aromatic heterocycles. The van der Waals surface area contributed by atoms with Crippen molar-refractivity contribution in [2.45, 2.75) is 77.9 Å². The molecule has 6 atom stereocenters. The highest BCUT2D eigenvalue weighted by atomic mass is 16.6. The second-order valence-electron chi connectivity index (χ2n) is 8.55. The van der Waals surface area contributed by atoms with Crippen LogP contribution in [0.5, 0.6) is 0 Å². The maximum Gasteiger partial charge on any atom is 0.168 e. The number of ether oxygens (including phenoxy) is 1. The number of hydrogen-bond acceptors (Lipinski definition) is 3. The number of rotatable bonds is 1. The Morgan fingerprint density at radius 1 is 1.26 bits per heavy atom. The molecule has 3 aliphatic rings. The molecule has 1 heterocycles. The summed E-state index contributed by atoms with van der Waals surface area (Å²) >= 11 is 0. The van der Waals surface area contributed by atoms with Gasteiger partial charge in [0.2, 0.25) is 0 Å². The molecule has 128 valence electrons. The quantitative estimate of drug-likeness (QED) is 0.415. The van der Waals surface area contributed by atoms with Gasteiger partial charge in [-0.25, -0.2) is 0 Å². The number of carbonyl (C=O) groups excluding carboxylic acids is 2. The minimum atomic E-state index is -0.306. The van der Waals surface area contributed by atoms with Crippen molar-refractivity contribution in [3.63, 3.8) is 0 Å². The van der Waals surface area contributed by atoms with Gasteiger partial charge in [-0.3, -0.25) is 4.79 Å². The molecular formula is C20H30O3. The molecule has 2 aliphatic carbocycles. The van der Waals surface area contributed by atoms with E-state index in [4.69, 9.17) is 4.74 Å². The lowest BCUT2D eigenvalue weighted by atomic mass is 9.55. The molecule has 0 amide bonds. The minimum Gasteiger partial charge on any atom is -0.358 e. The Balaban J connectivity index is 1.96. The summed E-state index contributed by atoms with van der Waals surface area (Å²) in [7, 11) is 0. The van der Waals surface area contributed by atoms with Gasteiger partial charge in [-0.15, -0.1) is 0 Å². The molecule has 3 nitrogen and oxygen atoms in total. The molecule has 0 spiro atoms. The van der Waals surface area contributed by atoms with E-state index in [0.717, 1.165) is 44.8 Å². The van der Waals surface area contributed by atoms with Gasteiger partial charge >= 0.3 is 0 Å². The van der Waals surface area contributed by atoms with Crippen LogP contribution >= 0.6 is 0 Å². The zero-order valence-corrected chi connectivity index (χ0v) is 14.9. The van der Waals surface area contributed by atoms with Crippen LogP contribution in [0.2, 0.25) is 0 Å². The fourth-order valence-electron chi connectivity index (χ4n) is 4.86. The molecule has 1 saturated heterocycles. The fraction of sp³-hybridized carbons (Fsp3) is 0.800. The lowest BCUT2D eigenvalue weighted by Gasteiger charge is -2.48. The zero-order chi connectivity index (χ0) is 16.8. The van der Waals surface area contributed by atoms with Crippen molar-refractivity contribution in [2.75, 3.05) is 0 Å². The number of aldehydes is 1. The number of hydrogen-bond donors (Lipinski definition) is 0. The van der Waals surface area contributed by atoms with Crippen LogP contribution in [0.3, 0.4) is 0 Å². The number of carbonyl (C=O) groups is 2. The van der Waals surface area contributed by atoms with Crippen molar-refractivity contribution in [1.29, 1.82) is 0 Å². The summed E-state index contributed by atoms with van der Waals surface area (Å²) in [6, 6.07) is 0. The van der Waals surface area contributed by atoms with Gasteiger partial charge in [-0.1, -0.05) is 25.5 Å². The molecule has 0 aromatic rings. The van der Waals surface area contributed by atoms with Crippen LogP contribution in [0.15, 0.2) is 11.6 Å². The Hall–Kier alpha value is -0.960. The molecule has 0 radical (unpaired) electrons. The van der Waals surface area contributed by atoms with Gasteiger partial charge in [0.25, 0.3) is 0 Å². The number of allylic oxidation sites excluding steroid dienone is 2. The molecular weight excluding hydrogens is 288 g/mol. The van der Waals surface area contributed by atoms with Crippen molar-refractivity contribution < 1.29 is 14.3 Å². The maximum absolute atomic E-state index is 13.0. The molecule has 0 aromatic carbocycles. The monoisotopic (exact) mass is 318 g/mol. The van der Waals surface area contributed by atoms with Crippen LogP contribution < -0.4 is 0 Å². The number of ketones is 1. The van der Waals surface area contributed by atoms with Crippen molar-refractivity contribution in [3.05, 3.63) is 11.6 Å². The number of fused-ring (bicyclic) bond motifs is 3. The first-order valence-corrected chi connectivity index (χ1v) is 9.14. The van der Waals surface area contributed by atoms with Gasteiger partial charge in [-0.05, 0) is 63.7 Å². The van der Waals surface area contributed by atoms with Crippen LogP contribution in [0.25, 0.3) is 0 Å². The van der Waals surface area contributed by atoms with Crippen LogP contribution in [0.1, 0.15) is 66.2 Å². The predicted octanol–water partition coefficient (Wildman–Crippen LogP) is 4.10. The predicted molar refractivity (Wildman–Crippen MR) is 90.1 cm³/mol. The second-order valence-corrected chi connectivity index (χ2v) is 8.55. The average molecular weight is 318 g/mol. The van der Waals surface area contributed by atoms with Gasteiger partial charge in [0.05, 0.1) is 0 Å². The van der Waals surface area contributed by atoms with Crippen molar-refractivity contribution in [2.24, 2.45) is 23.2 Å². The van der Waals surface area contributed by atoms with Crippen molar-refractivity contribution in [3.8, 4) is 0 Å².